The molecule has 0 spiro atoms. The van der Waals surface area contributed by atoms with Crippen molar-refractivity contribution in [2.75, 3.05) is 19.7 Å². The van der Waals surface area contributed by atoms with Crippen molar-refractivity contribution >= 4 is 12.4 Å². The molecule has 0 aromatic heterocycles. The van der Waals surface area contributed by atoms with Crippen LogP contribution < -0.4 is 0 Å². The summed E-state index contributed by atoms with van der Waals surface area (Å²) in [7, 11) is 0. The molecule has 1 N–H and O–H groups in total. The summed E-state index contributed by atoms with van der Waals surface area (Å²) in [5.74, 6) is -1.59. The van der Waals surface area contributed by atoms with Crippen molar-refractivity contribution in [2.24, 2.45) is 0 Å². The summed E-state index contributed by atoms with van der Waals surface area (Å²) in [4.78, 5) is 2.29. The Balaban J connectivity index is 0.00000133. The van der Waals surface area contributed by atoms with Crippen LogP contribution in [-0.4, -0.2) is 35.7 Å². The number of morpholine rings is 1. The Hall–Kier alpha value is -0.680. The predicted molar refractivity (Wildman–Crippen MR) is 72.7 cm³/mol. The molecule has 0 saturated carbocycles. The lowest BCUT2D eigenvalue weighted by Gasteiger charge is -2.46. The minimum absolute atomic E-state index is 0. The molecule has 0 radical (unpaired) electrons. The molecule has 1 aromatic rings. The van der Waals surface area contributed by atoms with Crippen LogP contribution in [0.25, 0.3) is 0 Å². The van der Waals surface area contributed by atoms with Crippen LogP contribution in [0.3, 0.4) is 0 Å². The van der Waals surface area contributed by atoms with Crippen LogP contribution in [-0.2, 0) is 10.5 Å². The third-order valence-electron chi connectivity index (χ3n) is 3.98. The highest BCUT2D eigenvalue weighted by molar-refractivity contribution is 5.85. The Labute approximate surface area is 118 Å². The summed E-state index contributed by atoms with van der Waals surface area (Å²) in [6.07, 6.45) is 3.55. The van der Waals surface area contributed by atoms with Gasteiger partial charge in [-0.2, -0.15) is 0 Å². The monoisotopic (exact) mass is 287 g/mol. The molecule has 5 heteroatoms. The van der Waals surface area contributed by atoms with E-state index >= 15 is 0 Å². The highest BCUT2D eigenvalue weighted by Crippen LogP contribution is 2.32. The van der Waals surface area contributed by atoms with Crippen molar-refractivity contribution in [2.45, 2.75) is 31.1 Å². The number of rotatable bonds is 1. The van der Waals surface area contributed by atoms with Gasteiger partial charge in [-0.25, -0.2) is 4.39 Å². The number of hydrogen-bond donors (Lipinski definition) is 1. The second-order valence-electron chi connectivity index (χ2n) is 5.22. The zero-order valence-electron chi connectivity index (χ0n) is 10.7. The third-order valence-corrected chi connectivity index (χ3v) is 3.98. The van der Waals surface area contributed by atoms with E-state index in [2.05, 4.69) is 4.90 Å². The number of piperidine rings is 1. The van der Waals surface area contributed by atoms with E-state index in [-0.39, 0.29) is 18.2 Å². The van der Waals surface area contributed by atoms with Gasteiger partial charge >= 0.3 is 0 Å². The van der Waals surface area contributed by atoms with Crippen molar-refractivity contribution in [1.29, 1.82) is 0 Å². The summed E-state index contributed by atoms with van der Waals surface area (Å²) < 4.78 is 18.6. The van der Waals surface area contributed by atoms with Crippen molar-refractivity contribution in [1.82, 2.24) is 4.90 Å². The van der Waals surface area contributed by atoms with E-state index in [0.717, 1.165) is 13.0 Å². The smallest absolute Gasteiger partial charge is 0.205 e. The topological polar surface area (TPSA) is 32.7 Å². The maximum Gasteiger partial charge on any atom is 0.205 e. The molecular weight excluding hydrogens is 269 g/mol. The van der Waals surface area contributed by atoms with Crippen LogP contribution in [0.1, 0.15) is 24.8 Å². The number of nitrogens with zero attached hydrogens (tertiary/aromatic N) is 1. The summed E-state index contributed by atoms with van der Waals surface area (Å²) in [6.45, 7) is 2.04. The van der Waals surface area contributed by atoms with Gasteiger partial charge in [0.1, 0.15) is 5.82 Å². The molecule has 0 bridgehead atoms. The quantitative estimate of drug-likeness (QED) is 0.860. The maximum absolute atomic E-state index is 12.9. The van der Waals surface area contributed by atoms with Gasteiger partial charge in [-0.3, -0.25) is 4.90 Å². The molecule has 2 aliphatic rings. The van der Waals surface area contributed by atoms with Crippen LogP contribution in [0.15, 0.2) is 24.3 Å². The van der Waals surface area contributed by atoms with Gasteiger partial charge in [0.25, 0.3) is 0 Å². The van der Waals surface area contributed by atoms with E-state index in [0.29, 0.717) is 24.8 Å². The van der Waals surface area contributed by atoms with Crippen LogP contribution in [0.2, 0.25) is 0 Å². The van der Waals surface area contributed by atoms with E-state index in [1.54, 1.807) is 12.1 Å². The fourth-order valence-corrected chi connectivity index (χ4v) is 2.90. The van der Waals surface area contributed by atoms with Gasteiger partial charge in [-0.05, 0) is 31.5 Å². The van der Waals surface area contributed by atoms with Gasteiger partial charge < -0.3 is 9.84 Å². The Morgan fingerprint density at radius 1 is 1.26 bits per heavy atom. The normalized spacial score (nSPS) is 31.4. The minimum Gasteiger partial charge on any atom is -0.361 e. The standard InChI is InChI=1S/C14H18FNO2.ClH/c15-12-6-4-11(5-7-12)14(17)10-16-8-2-1-3-13(16)9-18-14;/h4-7,13,17H,1-3,8-10H2;1H. The number of ether oxygens (including phenoxy) is 1. The van der Waals surface area contributed by atoms with Crippen LogP contribution in [0.5, 0.6) is 0 Å². The Morgan fingerprint density at radius 2 is 2.00 bits per heavy atom. The Bertz CT molecular complexity index is 428. The molecule has 0 aliphatic carbocycles. The first-order valence-corrected chi connectivity index (χ1v) is 6.54. The van der Waals surface area contributed by atoms with Crippen molar-refractivity contribution < 1.29 is 14.2 Å². The Kier molecular flexibility index (Phi) is 4.46. The molecular formula is C14H19ClFNO2. The van der Waals surface area contributed by atoms with E-state index in [4.69, 9.17) is 4.74 Å². The average molecular weight is 288 g/mol. The average Bonchev–Trinajstić information content (AvgIpc) is 2.39. The molecule has 2 heterocycles. The van der Waals surface area contributed by atoms with Gasteiger partial charge in [0, 0.05) is 11.6 Å². The molecule has 2 unspecified atom stereocenters. The van der Waals surface area contributed by atoms with E-state index in [9.17, 15) is 9.50 Å². The molecule has 0 amide bonds. The van der Waals surface area contributed by atoms with Gasteiger partial charge in [0.2, 0.25) is 5.79 Å². The molecule has 2 fully saturated rings. The summed E-state index contributed by atoms with van der Waals surface area (Å²) in [5, 5.41) is 10.6. The number of hydrogen-bond acceptors (Lipinski definition) is 3. The second kappa shape index (κ2) is 5.75. The van der Waals surface area contributed by atoms with Crippen molar-refractivity contribution in [3.63, 3.8) is 0 Å². The van der Waals surface area contributed by atoms with Crippen LogP contribution in [0.4, 0.5) is 4.39 Å². The van der Waals surface area contributed by atoms with E-state index in [1.807, 2.05) is 0 Å². The van der Waals surface area contributed by atoms with Crippen molar-refractivity contribution in [3.05, 3.63) is 35.6 Å². The SMILES string of the molecule is Cl.OC1(c2ccc(F)cc2)CN2CCCCC2CO1. The first-order chi connectivity index (χ1) is 8.67. The number of benzene rings is 1. The Morgan fingerprint density at radius 3 is 2.74 bits per heavy atom. The number of aliphatic hydroxyl groups is 1. The summed E-state index contributed by atoms with van der Waals surface area (Å²) >= 11 is 0. The zero-order valence-corrected chi connectivity index (χ0v) is 11.5. The summed E-state index contributed by atoms with van der Waals surface area (Å²) in [5.41, 5.74) is 0.632. The highest BCUT2D eigenvalue weighted by atomic mass is 35.5. The van der Waals surface area contributed by atoms with Crippen LogP contribution in [0, 0.1) is 5.82 Å². The fourth-order valence-electron chi connectivity index (χ4n) is 2.90. The molecule has 2 aliphatic heterocycles. The van der Waals surface area contributed by atoms with Gasteiger partial charge in [-0.15, -0.1) is 12.4 Å². The first-order valence-electron chi connectivity index (χ1n) is 6.54. The lowest BCUT2D eigenvalue weighted by atomic mass is 9.96. The highest BCUT2D eigenvalue weighted by Gasteiger charge is 2.41. The largest absolute Gasteiger partial charge is 0.361 e. The van der Waals surface area contributed by atoms with E-state index in [1.165, 1.54) is 25.0 Å². The first kappa shape index (κ1) is 14.7. The number of fused-ring (bicyclic) bond motifs is 1. The van der Waals surface area contributed by atoms with Gasteiger partial charge in [0.15, 0.2) is 0 Å². The van der Waals surface area contributed by atoms with Gasteiger partial charge in [0.05, 0.1) is 13.2 Å². The molecule has 2 saturated heterocycles. The lowest BCUT2D eigenvalue weighted by molar-refractivity contribution is -0.264. The number of halogens is 2. The van der Waals surface area contributed by atoms with Crippen molar-refractivity contribution in [3.8, 4) is 0 Å². The second-order valence-corrected chi connectivity index (χ2v) is 5.22. The third kappa shape index (κ3) is 2.92. The molecule has 19 heavy (non-hydrogen) atoms. The molecule has 3 nitrogen and oxygen atoms in total. The van der Waals surface area contributed by atoms with E-state index < -0.39 is 5.79 Å². The predicted octanol–water partition coefficient (Wildman–Crippen LogP) is 2.28. The molecule has 2 atom stereocenters. The maximum atomic E-state index is 12.9. The van der Waals surface area contributed by atoms with Crippen LogP contribution >= 0.6 is 12.4 Å². The molecule has 3 rings (SSSR count). The zero-order chi connectivity index (χ0) is 12.6. The summed E-state index contributed by atoms with van der Waals surface area (Å²) in [6, 6.07) is 6.34. The molecule has 106 valence electrons. The fraction of sp³-hybridized carbons (Fsp3) is 0.571. The minimum atomic E-state index is -1.29. The lowest BCUT2D eigenvalue weighted by Crippen LogP contribution is -2.56. The van der Waals surface area contributed by atoms with Gasteiger partial charge in [-0.1, -0.05) is 18.6 Å². The molecule has 1 aromatic carbocycles.